The van der Waals surface area contributed by atoms with E-state index in [1.54, 1.807) is 0 Å². The van der Waals surface area contributed by atoms with Crippen molar-refractivity contribution in [2.24, 2.45) is 5.73 Å². The largest absolute Gasteiger partial charge is 0.352 e. The Hall–Kier alpha value is -1.14. The van der Waals surface area contributed by atoms with Gasteiger partial charge in [-0.25, -0.2) is 0 Å². The average molecular weight is 254 g/mol. The zero-order chi connectivity index (χ0) is 13.0. The first-order valence-electron chi connectivity index (χ1n) is 6.69. The summed E-state index contributed by atoms with van der Waals surface area (Å²) in [6.45, 7) is 2.10. The van der Waals surface area contributed by atoms with E-state index in [9.17, 15) is 9.59 Å². The van der Waals surface area contributed by atoms with Gasteiger partial charge in [0.2, 0.25) is 11.8 Å². The molecule has 0 aromatic rings. The second-order valence-electron chi connectivity index (χ2n) is 5.09. The van der Waals surface area contributed by atoms with E-state index >= 15 is 0 Å². The normalized spacial score (nSPS) is 21.6. The first-order chi connectivity index (χ1) is 8.69. The van der Waals surface area contributed by atoms with Gasteiger partial charge in [-0.05, 0) is 25.7 Å². The van der Waals surface area contributed by atoms with Crippen LogP contribution in [0, 0.1) is 0 Å². The van der Waals surface area contributed by atoms with Crippen LogP contribution in [0.5, 0.6) is 0 Å². The lowest BCUT2D eigenvalue weighted by atomic mass is 10.0. The maximum Gasteiger partial charge on any atom is 0.239 e. The van der Waals surface area contributed by atoms with E-state index in [-0.39, 0.29) is 30.9 Å². The van der Waals surface area contributed by atoms with Crippen LogP contribution in [0.1, 0.15) is 25.7 Å². The molecule has 0 spiro atoms. The summed E-state index contributed by atoms with van der Waals surface area (Å²) >= 11 is 0. The Morgan fingerprint density at radius 1 is 1.11 bits per heavy atom. The summed E-state index contributed by atoms with van der Waals surface area (Å²) in [5, 5.41) is 5.43. The molecule has 1 saturated heterocycles. The minimum absolute atomic E-state index is 0.0267. The molecule has 2 amide bonds. The quantitative estimate of drug-likeness (QED) is 0.575. The zero-order valence-corrected chi connectivity index (χ0v) is 10.7. The summed E-state index contributed by atoms with van der Waals surface area (Å²) in [5.74, 6) is -0.421. The molecule has 6 heteroatoms. The summed E-state index contributed by atoms with van der Waals surface area (Å²) in [5.41, 5.74) is 5.14. The number of likely N-dealkylation sites (tertiary alicyclic amines) is 1. The van der Waals surface area contributed by atoms with Gasteiger partial charge in [-0.15, -0.1) is 0 Å². The fourth-order valence-electron chi connectivity index (χ4n) is 2.38. The van der Waals surface area contributed by atoms with Crippen LogP contribution in [0.25, 0.3) is 0 Å². The van der Waals surface area contributed by atoms with Crippen molar-refractivity contribution in [1.29, 1.82) is 0 Å². The van der Waals surface area contributed by atoms with Gasteiger partial charge in [0.05, 0.1) is 13.1 Å². The first-order valence-corrected chi connectivity index (χ1v) is 6.69. The SMILES string of the molecule is NCC(=O)NCC(=O)NC1CCN(C2CC2)CC1. The molecule has 1 aliphatic heterocycles. The molecule has 0 atom stereocenters. The van der Waals surface area contributed by atoms with Gasteiger partial charge in [-0.2, -0.15) is 0 Å². The maximum absolute atomic E-state index is 11.6. The first kappa shape index (κ1) is 13.3. The van der Waals surface area contributed by atoms with Crippen molar-refractivity contribution >= 4 is 11.8 Å². The van der Waals surface area contributed by atoms with E-state index in [0.717, 1.165) is 32.0 Å². The minimum atomic E-state index is -0.297. The molecule has 0 unspecified atom stereocenters. The lowest BCUT2D eigenvalue weighted by Crippen LogP contribution is -2.48. The Balaban J connectivity index is 1.61. The van der Waals surface area contributed by atoms with Gasteiger partial charge in [0, 0.05) is 25.2 Å². The van der Waals surface area contributed by atoms with Crippen molar-refractivity contribution in [2.75, 3.05) is 26.2 Å². The Kier molecular flexibility index (Phi) is 4.54. The van der Waals surface area contributed by atoms with E-state index in [0.29, 0.717) is 0 Å². The highest BCUT2D eigenvalue weighted by atomic mass is 16.2. The molecule has 0 aromatic carbocycles. The Bertz CT molecular complexity index is 309. The number of nitrogens with zero attached hydrogens (tertiary/aromatic N) is 1. The second-order valence-corrected chi connectivity index (χ2v) is 5.09. The number of carbonyl (C=O) groups is 2. The van der Waals surface area contributed by atoms with Gasteiger partial charge in [-0.1, -0.05) is 0 Å². The molecule has 1 heterocycles. The van der Waals surface area contributed by atoms with E-state index in [1.807, 2.05) is 0 Å². The standard InChI is InChI=1S/C12H22N4O2/c13-7-11(17)14-8-12(18)15-9-3-5-16(6-4-9)10-1-2-10/h9-10H,1-8,13H2,(H,14,17)(H,15,18). The third-order valence-corrected chi connectivity index (χ3v) is 3.59. The number of rotatable bonds is 5. The molecular formula is C12H22N4O2. The van der Waals surface area contributed by atoms with Gasteiger partial charge in [0.25, 0.3) is 0 Å². The predicted molar refractivity (Wildman–Crippen MR) is 67.8 cm³/mol. The van der Waals surface area contributed by atoms with Crippen molar-refractivity contribution in [1.82, 2.24) is 15.5 Å². The molecule has 6 nitrogen and oxygen atoms in total. The molecule has 102 valence electrons. The molecule has 2 fully saturated rings. The van der Waals surface area contributed by atoms with Crippen molar-refractivity contribution in [3.05, 3.63) is 0 Å². The van der Waals surface area contributed by atoms with Crippen LogP contribution in [0.15, 0.2) is 0 Å². The number of hydrogen-bond donors (Lipinski definition) is 3. The monoisotopic (exact) mass is 254 g/mol. The van der Waals surface area contributed by atoms with E-state index in [2.05, 4.69) is 15.5 Å². The zero-order valence-electron chi connectivity index (χ0n) is 10.7. The lowest BCUT2D eigenvalue weighted by Gasteiger charge is -2.32. The highest BCUT2D eigenvalue weighted by molar-refractivity contribution is 5.85. The minimum Gasteiger partial charge on any atom is -0.352 e. The summed E-state index contributed by atoms with van der Waals surface area (Å²) in [6.07, 6.45) is 4.68. The molecule has 0 bridgehead atoms. The summed E-state index contributed by atoms with van der Waals surface area (Å²) in [7, 11) is 0. The topological polar surface area (TPSA) is 87.5 Å². The van der Waals surface area contributed by atoms with Gasteiger partial charge in [0.1, 0.15) is 0 Å². The van der Waals surface area contributed by atoms with E-state index < -0.39 is 0 Å². The van der Waals surface area contributed by atoms with Gasteiger partial charge in [-0.3, -0.25) is 9.59 Å². The molecule has 18 heavy (non-hydrogen) atoms. The molecular weight excluding hydrogens is 232 g/mol. The molecule has 2 aliphatic rings. The Morgan fingerprint density at radius 2 is 1.78 bits per heavy atom. The lowest BCUT2D eigenvalue weighted by molar-refractivity contribution is -0.125. The van der Waals surface area contributed by atoms with Crippen molar-refractivity contribution < 1.29 is 9.59 Å². The van der Waals surface area contributed by atoms with Crippen LogP contribution in [0.3, 0.4) is 0 Å². The van der Waals surface area contributed by atoms with Crippen molar-refractivity contribution in [3.63, 3.8) is 0 Å². The molecule has 1 saturated carbocycles. The van der Waals surface area contributed by atoms with Crippen LogP contribution in [-0.4, -0.2) is 55.0 Å². The summed E-state index contributed by atoms with van der Waals surface area (Å²) in [6, 6.07) is 1.06. The third-order valence-electron chi connectivity index (χ3n) is 3.59. The molecule has 4 N–H and O–H groups in total. The number of amides is 2. The number of piperidine rings is 1. The fraction of sp³-hybridized carbons (Fsp3) is 0.833. The number of carbonyl (C=O) groups excluding carboxylic acids is 2. The van der Waals surface area contributed by atoms with E-state index in [1.165, 1.54) is 12.8 Å². The number of nitrogens with one attached hydrogen (secondary N) is 2. The Labute approximate surface area is 107 Å². The Morgan fingerprint density at radius 3 is 2.33 bits per heavy atom. The molecule has 0 radical (unpaired) electrons. The highest BCUT2D eigenvalue weighted by Crippen LogP contribution is 2.29. The highest BCUT2D eigenvalue weighted by Gasteiger charge is 2.31. The summed E-state index contributed by atoms with van der Waals surface area (Å²) in [4.78, 5) is 25.0. The van der Waals surface area contributed by atoms with Crippen LogP contribution in [0.2, 0.25) is 0 Å². The molecule has 2 rings (SSSR count). The van der Waals surface area contributed by atoms with E-state index in [4.69, 9.17) is 5.73 Å². The van der Waals surface area contributed by atoms with Crippen LogP contribution in [-0.2, 0) is 9.59 Å². The van der Waals surface area contributed by atoms with Crippen LogP contribution in [0.4, 0.5) is 0 Å². The van der Waals surface area contributed by atoms with Gasteiger partial charge >= 0.3 is 0 Å². The molecule has 0 aromatic heterocycles. The van der Waals surface area contributed by atoms with Crippen molar-refractivity contribution in [3.8, 4) is 0 Å². The van der Waals surface area contributed by atoms with Crippen LogP contribution >= 0.6 is 0 Å². The van der Waals surface area contributed by atoms with Crippen molar-refractivity contribution in [2.45, 2.75) is 37.8 Å². The average Bonchev–Trinajstić information content (AvgIpc) is 3.21. The van der Waals surface area contributed by atoms with Crippen LogP contribution < -0.4 is 16.4 Å². The second kappa shape index (κ2) is 6.15. The van der Waals surface area contributed by atoms with Gasteiger partial charge < -0.3 is 21.3 Å². The smallest absolute Gasteiger partial charge is 0.239 e. The fourth-order valence-corrected chi connectivity index (χ4v) is 2.38. The number of hydrogen-bond acceptors (Lipinski definition) is 4. The summed E-state index contributed by atoms with van der Waals surface area (Å²) < 4.78 is 0. The maximum atomic E-state index is 11.6. The van der Waals surface area contributed by atoms with Gasteiger partial charge in [0.15, 0.2) is 0 Å². The predicted octanol–water partition coefficient (Wildman–Crippen LogP) is -1.20. The number of nitrogens with two attached hydrogens (primary N) is 1. The third kappa shape index (κ3) is 3.96. The molecule has 1 aliphatic carbocycles.